The Kier molecular flexibility index (Phi) is 49.0. The minimum Gasteiger partial charge on any atom is -0.343 e. The summed E-state index contributed by atoms with van der Waals surface area (Å²) in [5.41, 5.74) is 0. The van der Waals surface area contributed by atoms with Crippen LogP contribution in [0.15, 0.2) is 0 Å². The number of rotatable bonds is 49. The van der Waals surface area contributed by atoms with Crippen LogP contribution in [-0.4, -0.2) is 37.9 Å². The minimum absolute atomic E-state index is 0.243. The SMILES string of the molecule is CCCCCCCCCCCCCCCCCCN(CCCCCCCCCCCCCCCCCC)C(=O)CCC(C)(C#N)SC(=S)SCCCCCCCCCCCC. The Balaban J connectivity index is 4.51. The zero-order valence-corrected chi connectivity index (χ0v) is 44.2. The summed E-state index contributed by atoms with van der Waals surface area (Å²) < 4.78 is 0.219. The number of nitriles is 1. The molecule has 1 amide bonds. The second-order valence-corrected chi connectivity index (χ2v) is 23.0. The Morgan fingerprint density at radius 3 is 1.00 bits per heavy atom. The number of nitrogens with zero attached hydrogens (tertiary/aromatic N) is 2. The van der Waals surface area contributed by atoms with Gasteiger partial charge in [0.15, 0.2) is 0 Å². The van der Waals surface area contributed by atoms with E-state index in [1.165, 1.54) is 269 Å². The van der Waals surface area contributed by atoms with Crippen LogP contribution in [0.3, 0.4) is 0 Å². The number of carbonyl (C=O) groups is 1. The van der Waals surface area contributed by atoms with Crippen molar-refractivity contribution >= 4 is 45.2 Å². The molecule has 6 heteroatoms. The van der Waals surface area contributed by atoms with Crippen LogP contribution in [0.5, 0.6) is 0 Å². The van der Waals surface area contributed by atoms with Crippen molar-refractivity contribution in [1.29, 1.82) is 5.26 Å². The van der Waals surface area contributed by atoms with Gasteiger partial charge in [-0.1, -0.05) is 295 Å². The van der Waals surface area contributed by atoms with E-state index < -0.39 is 4.75 Å². The van der Waals surface area contributed by atoms with E-state index in [2.05, 4.69) is 31.7 Å². The molecule has 0 spiro atoms. The summed E-state index contributed by atoms with van der Waals surface area (Å²) in [4.78, 5) is 15.9. The molecule has 0 aliphatic carbocycles. The third-order valence-electron chi connectivity index (χ3n) is 13.0. The van der Waals surface area contributed by atoms with Crippen molar-refractivity contribution in [2.45, 2.75) is 315 Å². The van der Waals surface area contributed by atoms with E-state index in [0.717, 1.165) is 35.2 Å². The van der Waals surface area contributed by atoms with Gasteiger partial charge in [-0.2, -0.15) is 5.26 Å². The fourth-order valence-electron chi connectivity index (χ4n) is 8.65. The van der Waals surface area contributed by atoms with Crippen LogP contribution in [0.2, 0.25) is 0 Å². The molecule has 0 radical (unpaired) electrons. The molecule has 0 heterocycles. The second kappa shape index (κ2) is 49.2. The van der Waals surface area contributed by atoms with Gasteiger partial charge in [-0.25, -0.2) is 0 Å². The van der Waals surface area contributed by atoms with Gasteiger partial charge in [0, 0.05) is 19.5 Å². The van der Waals surface area contributed by atoms with Gasteiger partial charge in [-0.3, -0.25) is 4.79 Å². The van der Waals surface area contributed by atoms with Gasteiger partial charge in [0.05, 0.1) is 6.07 Å². The van der Waals surface area contributed by atoms with Crippen molar-refractivity contribution in [2.75, 3.05) is 18.8 Å². The summed E-state index contributed by atoms with van der Waals surface area (Å²) in [5, 5.41) is 10.2. The molecule has 0 fully saturated rings. The van der Waals surface area contributed by atoms with Crippen LogP contribution in [0, 0.1) is 11.3 Å². The van der Waals surface area contributed by atoms with Crippen molar-refractivity contribution in [1.82, 2.24) is 4.90 Å². The molecule has 3 nitrogen and oxygen atoms in total. The molecule has 0 aliphatic heterocycles. The van der Waals surface area contributed by atoms with Crippen molar-refractivity contribution in [2.24, 2.45) is 0 Å². The monoisotopic (exact) mass is 907 g/mol. The lowest BCUT2D eigenvalue weighted by Gasteiger charge is -2.26. The molecule has 0 saturated heterocycles. The maximum Gasteiger partial charge on any atom is 0.222 e. The topological polar surface area (TPSA) is 44.1 Å². The highest BCUT2D eigenvalue weighted by Gasteiger charge is 2.29. The first-order valence-corrected chi connectivity index (χ1v) is 29.7. The van der Waals surface area contributed by atoms with Crippen LogP contribution >= 0.6 is 35.7 Å². The summed E-state index contributed by atoms with van der Waals surface area (Å²) in [6.45, 7) is 10.6. The molecule has 0 saturated carbocycles. The Hall–Kier alpha value is -0.250. The third-order valence-corrected chi connectivity index (χ3v) is 15.8. The molecule has 1 unspecified atom stereocenters. The average Bonchev–Trinajstić information content (AvgIpc) is 3.26. The largest absolute Gasteiger partial charge is 0.343 e. The van der Waals surface area contributed by atoms with Crippen LogP contribution in [0.25, 0.3) is 0 Å². The number of thioether (sulfide) groups is 2. The maximum absolute atomic E-state index is 13.7. The lowest BCUT2D eigenvalue weighted by Crippen LogP contribution is -2.34. The summed E-state index contributed by atoms with van der Waals surface area (Å²) in [6.07, 6.45) is 58.2. The number of carbonyl (C=O) groups excluding carboxylic acids is 1. The molecule has 0 aliphatic rings. The van der Waals surface area contributed by atoms with E-state index in [4.69, 9.17) is 12.2 Å². The smallest absolute Gasteiger partial charge is 0.222 e. The highest BCUT2D eigenvalue weighted by Crippen LogP contribution is 2.35. The van der Waals surface area contributed by atoms with Crippen LogP contribution in [0.1, 0.15) is 310 Å². The van der Waals surface area contributed by atoms with Crippen LogP contribution < -0.4 is 0 Å². The van der Waals surface area contributed by atoms with Gasteiger partial charge < -0.3 is 4.90 Å². The molecule has 0 rings (SSSR count). The number of unbranched alkanes of at least 4 members (excludes halogenated alkanes) is 39. The van der Waals surface area contributed by atoms with E-state index >= 15 is 0 Å². The predicted octanol–water partition coefficient (Wildman–Crippen LogP) is 20.1. The molecular weight excluding hydrogens is 801 g/mol. The molecule has 360 valence electrons. The summed E-state index contributed by atoms with van der Waals surface area (Å²) in [6, 6.07) is 2.54. The van der Waals surface area contributed by atoms with Crippen molar-refractivity contribution < 1.29 is 4.79 Å². The number of hydrogen-bond donors (Lipinski definition) is 0. The fraction of sp³-hybridized carbons (Fsp3) is 0.945. The predicted molar refractivity (Wildman–Crippen MR) is 283 cm³/mol. The first-order chi connectivity index (χ1) is 29.9. The van der Waals surface area contributed by atoms with E-state index in [1.54, 1.807) is 11.8 Å². The third kappa shape index (κ3) is 44.7. The zero-order chi connectivity index (χ0) is 44.6. The van der Waals surface area contributed by atoms with Gasteiger partial charge >= 0.3 is 0 Å². The molecular formula is C55H106N2OS3. The Morgan fingerprint density at radius 1 is 0.459 bits per heavy atom. The summed E-state index contributed by atoms with van der Waals surface area (Å²) >= 11 is 9.02. The van der Waals surface area contributed by atoms with Gasteiger partial charge in [0.1, 0.15) is 8.28 Å². The second-order valence-electron chi connectivity index (χ2n) is 19.2. The molecule has 0 aromatic carbocycles. The van der Waals surface area contributed by atoms with E-state index in [0.29, 0.717) is 12.8 Å². The average molecular weight is 908 g/mol. The minimum atomic E-state index is -0.647. The van der Waals surface area contributed by atoms with Gasteiger partial charge in [0.2, 0.25) is 5.91 Å². The lowest BCUT2D eigenvalue weighted by atomic mass is 10.0. The van der Waals surface area contributed by atoms with Crippen LogP contribution in [0.4, 0.5) is 0 Å². The number of thiocarbonyl (C=S) groups is 1. The quantitative estimate of drug-likeness (QED) is 0.0449. The zero-order valence-electron chi connectivity index (χ0n) is 41.8. The Labute approximate surface area is 397 Å². The molecule has 0 aromatic heterocycles. The fourth-order valence-corrected chi connectivity index (χ4v) is 11.6. The maximum atomic E-state index is 13.7. The first kappa shape index (κ1) is 60.8. The van der Waals surface area contributed by atoms with E-state index in [-0.39, 0.29) is 5.91 Å². The highest BCUT2D eigenvalue weighted by atomic mass is 32.2. The van der Waals surface area contributed by atoms with Gasteiger partial charge in [0.25, 0.3) is 0 Å². The molecule has 61 heavy (non-hydrogen) atoms. The van der Waals surface area contributed by atoms with Crippen molar-refractivity contribution in [3.8, 4) is 6.07 Å². The molecule has 0 aromatic rings. The van der Waals surface area contributed by atoms with E-state index in [9.17, 15) is 10.1 Å². The molecule has 0 bridgehead atoms. The Morgan fingerprint density at radius 2 is 0.721 bits per heavy atom. The summed E-state index contributed by atoms with van der Waals surface area (Å²) in [5.74, 6) is 1.28. The lowest BCUT2D eigenvalue weighted by molar-refractivity contribution is -0.131. The normalized spacial score (nSPS) is 12.4. The first-order valence-electron chi connectivity index (χ1n) is 27.5. The number of amides is 1. The number of hydrogen-bond acceptors (Lipinski definition) is 5. The van der Waals surface area contributed by atoms with Gasteiger partial charge in [-0.05, 0) is 38.4 Å². The van der Waals surface area contributed by atoms with Crippen molar-refractivity contribution in [3.05, 3.63) is 0 Å². The van der Waals surface area contributed by atoms with Gasteiger partial charge in [-0.15, -0.1) is 11.8 Å². The van der Waals surface area contributed by atoms with Crippen molar-refractivity contribution in [3.63, 3.8) is 0 Å². The molecule has 1 atom stereocenters. The summed E-state index contributed by atoms with van der Waals surface area (Å²) in [7, 11) is 0. The van der Waals surface area contributed by atoms with Crippen LogP contribution in [-0.2, 0) is 4.79 Å². The standard InChI is InChI=1S/C55H106N2OS3/c1-5-8-11-14-17-20-23-25-27-29-31-33-35-38-41-44-49-57(50-45-42-39-36-34-32-30-28-26-24-21-18-15-12-9-6-2)53(58)47-48-55(4,52-56)61-54(59)60-51-46-43-40-37-22-19-16-13-10-7-3/h5-51H2,1-4H3. The highest BCUT2D eigenvalue weighted by molar-refractivity contribution is 8.47. The molecule has 0 N–H and O–H groups in total. The van der Waals surface area contributed by atoms with E-state index in [1.807, 2.05) is 6.92 Å². The Bertz CT molecular complexity index is 933.